The number of hydrogen-bond donors (Lipinski definition) is 1. The number of ether oxygens (including phenoxy) is 1. The minimum absolute atomic E-state index is 0.0359. The van der Waals surface area contributed by atoms with Gasteiger partial charge in [0, 0.05) is 17.6 Å². The molecular weight excluding hydrogens is 570 g/mol. The molecule has 0 bridgehead atoms. The molecule has 0 aromatic heterocycles. The lowest BCUT2D eigenvalue weighted by molar-refractivity contribution is -0.139. The lowest BCUT2D eigenvalue weighted by Crippen LogP contribution is -2.51. The SMILES string of the molecule is CCNC(=O)[C@@H](C)N(Cc1ccccc1)C(=O)CN(c1ccc(OCC)cc1)S(=O)(=O)c1ccc(Br)cc1. The van der Waals surface area contributed by atoms with E-state index in [4.69, 9.17) is 4.74 Å². The van der Waals surface area contributed by atoms with E-state index in [1.54, 1.807) is 50.2 Å². The molecule has 0 aliphatic rings. The van der Waals surface area contributed by atoms with Gasteiger partial charge < -0.3 is 15.0 Å². The Morgan fingerprint density at radius 1 is 0.947 bits per heavy atom. The van der Waals surface area contributed by atoms with Crippen LogP contribution >= 0.6 is 15.9 Å². The van der Waals surface area contributed by atoms with Crippen molar-refractivity contribution in [1.29, 1.82) is 0 Å². The molecule has 0 aliphatic heterocycles. The van der Waals surface area contributed by atoms with Crippen LogP contribution < -0.4 is 14.4 Å². The van der Waals surface area contributed by atoms with E-state index in [-0.39, 0.29) is 17.3 Å². The summed E-state index contributed by atoms with van der Waals surface area (Å²) in [5.41, 5.74) is 1.12. The van der Waals surface area contributed by atoms with Crippen molar-refractivity contribution in [2.75, 3.05) is 24.0 Å². The number of rotatable bonds is 12. The lowest BCUT2D eigenvalue weighted by Gasteiger charge is -2.32. The number of benzene rings is 3. The summed E-state index contributed by atoms with van der Waals surface area (Å²) in [5.74, 6) is -0.249. The van der Waals surface area contributed by atoms with Crippen LogP contribution in [0.25, 0.3) is 0 Å². The number of carbonyl (C=O) groups is 2. The van der Waals surface area contributed by atoms with Gasteiger partial charge in [-0.1, -0.05) is 46.3 Å². The van der Waals surface area contributed by atoms with Crippen molar-refractivity contribution >= 4 is 43.5 Å². The Morgan fingerprint density at radius 3 is 2.16 bits per heavy atom. The molecule has 0 aliphatic carbocycles. The number of nitrogens with one attached hydrogen (secondary N) is 1. The van der Waals surface area contributed by atoms with Gasteiger partial charge >= 0.3 is 0 Å². The quantitative estimate of drug-likeness (QED) is 0.327. The van der Waals surface area contributed by atoms with E-state index in [0.717, 1.165) is 14.3 Å². The van der Waals surface area contributed by atoms with Gasteiger partial charge in [-0.25, -0.2) is 8.42 Å². The number of halogens is 1. The second-order valence-electron chi connectivity index (χ2n) is 8.47. The first kappa shape index (κ1) is 29.2. The maximum absolute atomic E-state index is 13.8. The molecule has 2 amide bonds. The average Bonchev–Trinajstić information content (AvgIpc) is 2.91. The highest BCUT2D eigenvalue weighted by Crippen LogP contribution is 2.27. The molecule has 0 saturated heterocycles. The van der Waals surface area contributed by atoms with Crippen molar-refractivity contribution in [2.24, 2.45) is 0 Å². The second-order valence-corrected chi connectivity index (χ2v) is 11.2. The molecule has 1 atom stereocenters. The van der Waals surface area contributed by atoms with E-state index in [9.17, 15) is 18.0 Å². The third-order valence-electron chi connectivity index (χ3n) is 5.83. The van der Waals surface area contributed by atoms with Crippen LogP contribution in [0.1, 0.15) is 26.3 Å². The van der Waals surface area contributed by atoms with E-state index in [1.807, 2.05) is 37.3 Å². The number of nitrogens with zero attached hydrogens (tertiary/aromatic N) is 2. The van der Waals surface area contributed by atoms with Crippen molar-refractivity contribution in [1.82, 2.24) is 10.2 Å². The van der Waals surface area contributed by atoms with Crippen LogP contribution in [-0.2, 0) is 26.2 Å². The van der Waals surface area contributed by atoms with E-state index in [0.29, 0.717) is 24.6 Å². The van der Waals surface area contributed by atoms with Gasteiger partial charge in [-0.3, -0.25) is 13.9 Å². The minimum Gasteiger partial charge on any atom is -0.494 e. The van der Waals surface area contributed by atoms with Gasteiger partial charge in [-0.2, -0.15) is 0 Å². The summed E-state index contributed by atoms with van der Waals surface area (Å²) >= 11 is 3.33. The predicted molar refractivity (Wildman–Crippen MR) is 151 cm³/mol. The van der Waals surface area contributed by atoms with Gasteiger partial charge in [-0.05, 0) is 74.9 Å². The van der Waals surface area contributed by atoms with Crippen LogP contribution in [0.4, 0.5) is 5.69 Å². The second kappa shape index (κ2) is 13.4. The molecule has 0 fully saturated rings. The van der Waals surface area contributed by atoms with Crippen LogP contribution in [0.5, 0.6) is 5.75 Å². The Morgan fingerprint density at radius 2 is 1.58 bits per heavy atom. The number of sulfonamides is 1. The molecule has 0 heterocycles. The number of hydrogen-bond acceptors (Lipinski definition) is 5. The molecule has 3 aromatic rings. The third-order valence-corrected chi connectivity index (χ3v) is 8.15. The molecule has 0 saturated carbocycles. The van der Waals surface area contributed by atoms with Gasteiger partial charge in [0.2, 0.25) is 11.8 Å². The van der Waals surface area contributed by atoms with Crippen molar-refractivity contribution in [3.05, 3.63) is 88.9 Å². The standard InChI is InChI=1S/C28H32BrN3O5S/c1-4-30-28(34)21(3)31(19-22-9-7-6-8-10-22)27(33)20-32(24-13-15-25(16-14-24)37-5-2)38(35,36)26-17-11-23(29)12-18-26/h6-18,21H,4-5,19-20H2,1-3H3,(H,30,34)/t21-/m1/s1. The van der Waals surface area contributed by atoms with Crippen molar-refractivity contribution < 1.29 is 22.7 Å². The molecule has 202 valence electrons. The molecule has 10 heteroatoms. The summed E-state index contributed by atoms with van der Waals surface area (Å²) in [4.78, 5) is 28.0. The summed E-state index contributed by atoms with van der Waals surface area (Å²) < 4.78 is 34.9. The molecule has 0 spiro atoms. The van der Waals surface area contributed by atoms with Crippen molar-refractivity contribution in [2.45, 2.75) is 38.3 Å². The van der Waals surface area contributed by atoms with Crippen LogP contribution in [0.15, 0.2) is 88.2 Å². The van der Waals surface area contributed by atoms with Gasteiger partial charge in [0.15, 0.2) is 0 Å². The van der Waals surface area contributed by atoms with E-state index < -0.39 is 28.5 Å². The first-order chi connectivity index (χ1) is 18.2. The minimum atomic E-state index is -4.13. The topological polar surface area (TPSA) is 96.0 Å². The Bertz CT molecular complexity index is 1320. The zero-order chi connectivity index (χ0) is 27.7. The highest BCUT2D eigenvalue weighted by molar-refractivity contribution is 9.10. The third kappa shape index (κ3) is 7.35. The normalized spacial score (nSPS) is 11.9. The van der Waals surface area contributed by atoms with Gasteiger partial charge in [0.1, 0.15) is 18.3 Å². The molecule has 3 aromatic carbocycles. The number of anilines is 1. The van der Waals surface area contributed by atoms with Crippen molar-refractivity contribution in [3.63, 3.8) is 0 Å². The average molecular weight is 603 g/mol. The van der Waals surface area contributed by atoms with Crippen LogP contribution in [-0.4, -0.2) is 50.9 Å². The number of amides is 2. The zero-order valence-electron chi connectivity index (χ0n) is 21.6. The van der Waals surface area contributed by atoms with Crippen LogP contribution in [0.3, 0.4) is 0 Å². The summed E-state index contributed by atoms with van der Waals surface area (Å²) in [6.45, 7) is 5.81. The van der Waals surface area contributed by atoms with Crippen LogP contribution in [0.2, 0.25) is 0 Å². The molecule has 38 heavy (non-hydrogen) atoms. The highest BCUT2D eigenvalue weighted by Gasteiger charge is 2.32. The smallest absolute Gasteiger partial charge is 0.264 e. The fourth-order valence-electron chi connectivity index (χ4n) is 3.82. The summed E-state index contributed by atoms with van der Waals surface area (Å²) in [7, 11) is -4.13. The fraction of sp³-hybridized carbons (Fsp3) is 0.286. The van der Waals surface area contributed by atoms with E-state index in [2.05, 4.69) is 21.2 Å². The fourth-order valence-corrected chi connectivity index (χ4v) is 5.50. The summed E-state index contributed by atoms with van der Waals surface area (Å²) in [6, 6.07) is 21.2. The molecule has 0 unspecified atom stereocenters. The summed E-state index contributed by atoms with van der Waals surface area (Å²) in [5, 5.41) is 2.75. The highest BCUT2D eigenvalue weighted by atomic mass is 79.9. The molecule has 0 radical (unpaired) electrons. The van der Waals surface area contributed by atoms with E-state index >= 15 is 0 Å². The van der Waals surface area contributed by atoms with Gasteiger partial charge in [-0.15, -0.1) is 0 Å². The first-order valence-corrected chi connectivity index (χ1v) is 14.5. The number of carbonyl (C=O) groups excluding carboxylic acids is 2. The summed E-state index contributed by atoms with van der Waals surface area (Å²) in [6.07, 6.45) is 0. The Hall–Kier alpha value is -3.37. The molecule has 8 nitrogen and oxygen atoms in total. The van der Waals surface area contributed by atoms with Crippen molar-refractivity contribution in [3.8, 4) is 5.75 Å². The first-order valence-electron chi connectivity index (χ1n) is 12.3. The molecule has 3 rings (SSSR count). The monoisotopic (exact) mass is 601 g/mol. The largest absolute Gasteiger partial charge is 0.494 e. The zero-order valence-corrected chi connectivity index (χ0v) is 24.0. The maximum atomic E-state index is 13.8. The Kier molecular flexibility index (Phi) is 10.3. The molecular formula is C28H32BrN3O5S. The predicted octanol–water partition coefficient (Wildman–Crippen LogP) is 4.60. The van der Waals surface area contributed by atoms with E-state index in [1.165, 1.54) is 17.0 Å². The molecule has 1 N–H and O–H groups in total. The van der Waals surface area contributed by atoms with Crippen LogP contribution in [0, 0.1) is 0 Å². The van der Waals surface area contributed by atoms with Gasteiger partial charge in [0.25, 0.3) is 10.0 Å². The van der Waals surface area contributed by atoms with Gasteiger partial charge in [0.05, 0.1) is 17.2 Å². The Balaban J connectivity index is 2.02. The lowest BCUT2D eigenvalue weighted by atomic mass is 10.1. The number of likely N-dealkylation sites (N-methyl/N-ethyl adjacent to an activating group) is 1. The Labute approximate surface area is 232 Å². The maximum Gasteiger partial charge on any atom is 0.264 e.